The largest absolute Gasteiger partial charge is 0.491 e. The molecule has 3 atom stereocenters. The standard InChI is InChI=1S/C30H37FN4O2S/c1-8-12-29(32-18-21(4)9-2)38-24(7)37-30(22(5)15-16-26(31)10-3)34-23(6)20-36-27-13-11-14-28-25(17-27)19-33-35-28/h10-11,13-19,23-24,28,35H,5,9,20H2,1-4,6-7H3/b16-15-,21-18-,26-10+,32-29?,34-30?. The highest BCUT2D eigenvalue weighted by Gasteiger charge is 2.17. The van der Waals surface area contributed by atoms with Crippen molar-refractivity contribution >= 4 is 28.9 Å². The summed E-state index contributed by atoms with van der Waals surface area (Å²) in [7, 11) is 0. The van der Waals surface area contributed by atoms with E-state index in [0.29, 0.717) is 28.9 Å². The molecule has 0 saturated heterocycles. The number of nitrogens with one attached hydrogen (secondary N) is 1. The number of ether oxygens (including phenoxy) is 2. The van der Waals surface area contributed by atoms with Gasteiger partial charge in [-0.15, -0.1) is 0 Å². The fourth-order valence-corrected chi connectivity index (χ4v) is 3.71. The summed E-state index contributed by atoms with van der Waals surface area (Å²) in [5.74, 6) is 6.54. The molecule has 0 spiro atoms. The summed E-state index contributed by atoms with van der Waals surface area (Å²) >= 11 is 1.37. The van der Waals surface area contributed by atoms with Gasteiger partial charge < -0.3 is 9.47 Å². The van der Waals surface area contributed by atoms with Gasteiger partial charge in [-0.1, -0.05) is 55.0 Å². The van der Waals surface area contributed by atoms with Crippen molar-refractivity contribution in [3.63, 3.8) is 0 Å². The molecule has 1 aliphatic heterocycles. The quantitative estimate of drug-likeness (QED) is 0.102. The van der Waals surface area contributed by atoms with Crippen molar-refractivity contribution in [3.8, 4) is 11.8 Å². The van der Waals surface area contributed by atoms with Crippen LogP contribution >= 0.6 is 11.8 Å². The van der Waals surface area contributed by atoms with E-state index in [9.17, 15) is 4.39 Å². The van der Waals surface area contributed by atoms with Crippen LogP contribution in [0.2, 0.25) is 0 Å². The monoisotopic (exact) mass is 536 g/mol. The zero-order valence-electron chi connectivity index (χ0n) is 23.0. The topological polar surface area (TPSA) is 67.6 Å². The Morgan fingerprint density at radius 2 is 2.16 bits per heavy atom. The molecule has 0 amide bonds. The van der Waals surface area contributed by atoms with Crippen molar-refractivity contribution in [2.24, 2.45) is 15.1 Å². The minimum Gasteiger partial charge on any atom is -0.491 e. The van der Waals surface area contributed by atoms with Gasteiger partial charge in [0, 0.05) is 17.3 Å². The molecule has 0 aromatic rings. The van der Waals surface area contributed by atoms with Crippen molar-refractivity contribution in [2.45, 2.75) is 65.5 Å². The molecule has 1 N–H and O–H groups in total. The molecule has 0 aromatic heterocycles. The van der Waals surface area contributed by atoms with Crippen molar-refractivity contribution in [2.75, 3.05) is 6.61 Å². The molecule has 0 bridgehead atoms. The van der Waals surface area contributed by atoms with Crippen LogP contribution in [0.1, 0.15) is 48.0 Å². The Hall–Kier alpha value is -3.57. The van der Waals surface area contributed by atoms with Crippen molar-refractivity contribution < 1.29 is 13.9 Å². The van der Waals surface area contributed by atoms with Crippen LogP contribution in [0.3, 0.4) is 0 Å². The lowest BCUT2D eigenvalue weighted by Crippen LogP contribution is -2.19. The van der Waals surface area contributed by atoms with Gasteiger partial charge in [-0.05, 0) is 71.3 Å². The van der Waals surface area contributed by atoms with Crippen LogP contribution in [-0.4, -0.2) is 41.3 Å². The number of rotatable bonds is 11. The normalized spacial score (nSPS) is 19.5. The molecule has 0 fully saturated rings. The maximum atomic E-state index is 13.7. The molecule has 8 heteroatoms. The number of hydrogen-bond donors (Lipinski definition) is 1. The highest BCUT2D eigenvalue weighted by molar-refractivity contribution is 8.14. The summed E-state index contributed by atoms with van der Waals surface area (Å²) in [5.41, 5.74) is 5.26. The van der Waals surface area contributed by atoms with E-state index in [0.717, 1.165) is 17.6 Å². The number of hydrazone groups is 1. The predicted octanol–water partition coefficient (Wildman–Crippen LogP) is 6.94. The van der Waals surface area contributed by atoms with E-state index in [-0.39, 0.29) is 23.3 Å². The summed E-state index contributed by atoms with van der Waals surface area (Å²) in [4.78, 5) is 9.21. The zero-order valence-corrected chi connectivity index (χ0v) is 23.8. The SMILES string of the molecule is C=C(/C=C\C(F)=C/C)C(=NC(C)COC1=CC=CC2NN=CC2=C1)OC(C)SC(C#CC)=N/C=C(/C)CC. The second kappa shape index (κ2) is 16.3. The molecule has 0 saturated carbocycles. The maximum absolute atomic E-state index is 13.7. The first kappa shape index (κ1) is 30.7. The van der Waals surface area contributed by atoms with E-state index < -0.39 is 0 Å². The zero-order chi connectivity index (χ0) is 27.9. The molecule has 3 unspecified atom stereocenters. The van der Waals surface area contributed by atoms with E-state index in [1.807, 2.05) is 51.3 Å². The van der Waals surface area contributed by atoms with Crippen molar-refractivity contribution in [3.05, 3.63) is 83.6 Å². The molecule has 38 heavy (non-hydrogen) atoms. The summed E-state index contributed by atoms with van der Waals surface area (Å²) in [6.45, 7) is 15.6. The molecular weight excluding hydrogens is 499 g/mol. The summed E-state index contributed by atoms with van der Waals surface area (Å²) in [6, 6.07) is -0.211. The third kappa shape index (κ3) is 10.8. The fraction of sp³-hybridized carbons (Fsp3) is 0.367. The predicted molar refractivity (Wildman–Crippen MR) is 160 cm³/mol. The molecule has 6 nitrogen and oxygen atoms in total. The van der Waals surface area contributed by atoms with Gasteiger partial charge in [-0.2, -0.15) is 5.10 Å². The Kier molecular flexibility index (Phi) is 13.2. The fourth-order valence-electron chi connectivity index (χ4n) is 2.98. The van der Waals surface area contributed by atoms with Gasteiger partial charge in [-0.3, -0.25) is 5.43 Å². The lowest BCUT2D eigenvalue weighted by Gasteiger charge is -2.18. The summed E-state index contributed by atoms with van der Waals surface area (Å²) < 4.78 is 25.9. The maximum Gasteiger partial charge on any atom is 0.216 e. The van der Waals surface area contributed by atoms with Gasteiger partial charge >= 0.3 is 0 Å². The van der Waals surface area contributed by atoms with E-state index in [4.69, 9.17) is 14.5 Å². The number of allylic oxidation sites excluding steroid dienone is 7. The molecule has 202 valence electrons. The number of halogens is 1. The molecule has 1 aliphatic carbocycles. The van der Waals surface area contributed by atoms with E-state index in [2.05, 4.69) is 40.9 Å². The van der Waals surface area contributed by atoms with Gasteiger partial charge in [0.25, 0.3) is 0 Å². The minimum atomic E-state index is -0.376. The van der Waals surface area contributed by atoms with Crippen LogP contribution in [-0.2, 0) is 9.47 Å². The Bertz CT molecular complexity index is 1190. The lowest BCUT2D eigenvalue weighted by atomic mass is 10.1. The smallest absolute Gasteiger partial charge is 0.216 e. The molecule has 0 aromatic carbocycles. The molecule has 1 heterocycles. The Labute approximate surface area is 230 Å². The average molecular weight is 537 g/mol. The van der Waals surface area contributed by atoms with Crippen LogP contribution in [0.25, 0.3) is 0 Å². The lowest BCUT2D eigenvalue weighted by molar-refractivity contribution is 0.207. The van der Waals surface area contributed by atoms with Crippen LogP contribution in [0.15, 0.2) is 98.7 Å². The molecule has 2 aliphatic rings. The molecular formula is C30H37FN4O2S. The van der Waals surface area contributed by atoms with Gasteiger partial charge in [0.05, 0.1) is 18.3 Å². The summed E-state index contributed by atoms with van der Waals surface area (Å²) in [6.07, 6.45) is 16.6. The molecule has 0 radical (unpaired) electrons. The number of fused-ring (bicyclic) bond motifs is 1. The average Bonchev–Trinajstić information content (AvgIpc) is 3.25. The van der Waals surface area contributed by atoms with Gasteiger partial charge in [0.1, 0.15) is 28.7 Å². The first-order valence-electron chi connectivity index (χ1n) is 12.5. The Morgan fingerprint density at radius 1 is 1.37 bits per heavy atom. The van der Waals surface area contributed by atoms with Gasteiger partial charge in [-0.25, -0.2) is 14.4 Å². The van der Waals surface area contributed by atoms with Crippen LogP contribution in [0, 0.1) is 11.8 Å². The van der Waals surface area contributed by atoms with E-state index in [1.165, 1.54) is 23.9 Å². The molecule has 2 rings (SSSR count). The number of aliphatic imine (C=N–C) groups is 2. The van der Waals surface area contributed by atoms with Crippen molar-refractivity contribution in [1.29, 1.82) is 0 Å². The first-order valence-corrected chi connectivity index (χ1v) is 13.4. The van der Waals surface area contributed by atoms with Crippen LogP contribution < -0.4 is 5.43 Å². The van der Waals surface area contributed by atoms with Crippen molar-refractivity contribution in [1.82, 2.24) is 5.43 Å². The van der Waals surface area contributed by atoms with Crippen LogP contribution in [0.4, 0.5) is 4.39 Å². The van der Waals surface area contributed by atoms with Crippen LogP contribution in [0.5, 0.6) is 0 Å². The number of nitrogens with zero attached hydrogens (tertiary/aromatic N) is 3. The third-order valence-corrected chi connectivity index (χ3v) is 6.09. The minimum absolute atomic E-state index is 0.0571. The second-order valence-electron chi connectivity index (χ2n) is 8.53. The van der Waals surface area contributed by atoms with Gasteiger partial charge in [0.2, 0.25) is 5.90 Å². The Balaban J connectivity index is 2.17. The second-order valence-corrected chi connectivity index (χ2v) is 9.82. The highest BCUT2D eigenvalue weighted by atomic mass is 32.2. The number of thioether (sulfide) groups is 1. The third-order valence-electron chi connectivity index (χ3n) is 5.23. The van der Waals surface area contributed by atoms with E-state index >= 15 is 0 Å². The Morgan fingerprint density at radius 3 is 2.87 bits per heavy atom. The van der Waals surface area contributed by atoms with Gasteiger partial charge in [0.15, 0.2) is 0 Å². The number of hydrogen-bond acceptors (Lipinski definition) is 7. The van der Waals surface area contributed by atoms with E-state index in [1.54, 1.807) is 26.1 Å². The highest BCUT2D eigenvalue weighted by Crippen LogP contribution is 2.19. The summed E-state index contributed by atoms with van der Waals surface area (Å²) in [5, 5.41) is 4.73. The first-order chi connectivity index (χ1) is 18.2.